The summed E-state index contributed by atoms with van der Waals surface area (Å²) in [6.45, 7) is 2.92. The predicted octanol–water partition coefficient (Wildman–Crippen LogP) is 4.68. The van der Waals surface area contributed by atoms with Crippen molar-refractivity contribution in [2.75, 3.05) is 7.11 Å². The van der Waals surface area contributed by atoms with Crippen LogP contribution < -0.4 is 4.74 Å². The Balaban J connectivity index is 1.20. The molecular formula is C22H24ClN3O3. The fourth-order valence-corrected chi connectivity index (χ4v) is 4.86. The van der Waals surface area contributed by atoms with Crippen LogP contribution in [0.15, 0.2) is 36.7 Å². The van der Waals surface area contributed by atoms with Crippen LogP contribution in [0.2, 0.25) is 5.02 Å². The summed E-state index contributed by atoms with van der Waals surface area (Å²) in [4.78, 5) is 8.75. The van der Waals surface area contributed by atoms with E-state index in [1.807, 2.05) is 43.6 Å². The normalized spacial score (nSPS) is 26.2. The minimum Gasteiger partial charge on any atom is -0.495 e. The molecule has 2 aliphatic heterocycles. The summed E-state index contributed by atoms with van der Waals surface area (Å²) in [5, 5.41) is 0.614. The number of aryl methyl sites for hydroxylation is 2. The van der Waals surface area contributed by atoms with E-state index in [4.69, 9.17) is 25.8 Å². The maximum absolute atomic E-state index is 6.27. The minimum absolute atomic E-state index is 0.0293. The van der Waals surface area contributed by atoms with Crippen molar-refractivity contribution in [1.29, 1.82) is 0 Å². The predicted molar refractivity (Wildman–Crippen MR) is 110 cm³/mol. The maximum Gasteiger partial charge on any atom is 0.161 e. The van der Waals surface area contributed by atoms with Gasteiger partial charge >= 0.3 is 0 Å². The molecule has 152 valence electrons. The molecular weight excluding hydrogens is 390 g/mol. The number of nitrogens with zero attached hydrogens (tertiary/aromatic N) is 3. The lowest BCUT2D eigenvalue weighted by atomic mass is 9.96. The molecule has 0 spiro atoms. The van der Waals surface area contributed by atoms with E-state index in [1.165, 1.54) is 0 Å². The molecule has 5 rings (SSSR count). The number of benzene rings is 1. The average molecular weight is 414 g/mol. The smallest absolute Gasteiger partial charge is 0.161 e. The van der Waals surface area contributed by atoms with Gasteiger partial charge in [-0.2, -0.15) is 0 Å². The SMILES string of the molecule is COc1ccc(C2CC3CC(CCn4c(C)nc5cnccc54)OC3O2)cc1Cl. The zero-order chi connectivity index (χ0) is 20.0. The van der Waals surface area contributed by atoms with Crippen molar-refractivity contribution < 1.29 is 14.2 Å². The second kappa shape index (κ2) is 7.59. The zero-order valence-corrected chi connectivity index (χ0v) is 17.3. The van der Waals surface area contributed by atoms with E-state index < -0.39 is 0 Å². The summed E-state index contributed by atoms with van der Waals surface area (Å²) < 4.78 is 19.9. The minimum atomic E-state index is -0.129. The summed E-state index contributed by atoms with van der Waals surface area (Å²) in [6, 6.07) is 7.88. The summed E-state index contributed by atoms with van der Waals surface area (Å²) in [7, 11) is 1.62. The number of pyridine rings is 1. The quantitative estimate of drug-likeness (QED) is 0.607. The van der Waals surface area contributed by atoms with Gasteiger partial charge in [0.15, 0.2) is 6.29 Å². The first-order chi connectivity index (χ1) is 14.1. The van der Waals surface area contributed by atoms with E-state index in [2.05, 4.69) is 14.5 Å². The van der Waals surface area contributed by atoms with Gasteiger partial charge in [-0.25, -0.2) is 4.98 Å². The molecule has 0 aliphatic carbocycles. The van der Waals surface area contributed by atoms with Crippen LogP contribution in [0.3, 0.4) is 0 Å². The monoisotopic (exact) mass is 413 g/mol. The number of imidazole rings is 1. The van der Waals surface area contributed by atoms with Gasteiger partial charge in [0, 0.05) is 18.7 Å². The van der Waals surface area contributed by atoms with E-state index in [1.54, 1.807) is 7.11 Å². The van der Waals surface area contributed by atoms with Crippen LogP contribution in [0.1, 0.15) is 36.8 Å². The molecule has 4 unspecified atom stereocenters. The Hall–Kier alpha value is -2.15. The largest absolute Gasteiger partial charge is 0.495 e. The number of methoxy groups -OCH3 is 1. The molecule has 7 heteroatoms. The van der Waals surface area contributed by atoms with Gasteiger partial charge in [-0.05, 0) is 49.9 Å². The van der Waals surface area contributed by atoms with Gasteiger partial charge in [-0.15, -0.1) is 0 Å². The van der Waals surface area contributed by atoms with Crippen molar-refractivity contribution in [3.8, 4) is 5.75 Å². The zero-order valence-electron chi connectivity index (χ0n) is 16.5. The Morgan fingerprint density at radius 2 is 2.14 bits per heavy atom. The molecule has 3 aromatic rings. The Labute approximate surface area is 174 Å². The lowest BCUT2D eigenvalue weighted by molar-refractivity contribution is -0.141. The summed E-state index contributed by atoms with van der Waals surface area (Å²) in [5.74, 6) is 2.12. The van der Waals surface area contributed by atoms with Gasteiger partial charge in [0.1, 0.15) is 17.1 Å². The standard InChI is InChI=1S/C22H24ClN3O3/c1-13-25-18-12-24-7-5-19(18)26(13)8-6-16-9-15-11-21(29-22(15)28-16)14-3-4-20(27-2)17(23)10-14/h3-5,7,10,12,15-16,21-22H,6,8-9,11H2,1-2H3. The lowest BCUT2D eigenvalue weighted by Gasteiger charge is -2.18. The number of rotatable bonds is 5. The number of hydrogen-bond acceptors (Lipinski definition) is 5. The van der Waals surface area contributed by atoms with Gasteiger partial charge in [0.2, 0.25) is 0 Å². The Kier molecular flexibility index (Phi) is 4.94. The highest BCUT2D eigenvalue weighted by atomic mass is 35.5. The highest BCUT2D eigenvalue weighted by molar-refractivity contribution is 6.32. The van der Waals surface area contributed by atoms with Crippen LogP contribution in [0.25, 0.3) is 11.0 Å². The summed E-state index contributed by atoms with van der Waals surface area (Å²) in [6.07, 6.45) is 6.68. The van der Waals surface area contributed by atoms with Crippen molar-refractivity contribution in [2.45, 2.75) is 51.2 Å². The maximum atomic E-state index is 6.27. The van der Waals surface area contributed by atoms with E-state index in [9.17, 15) is 0 Å². The topological polar surface area (TPSA) is 58.4 Å². The summed E-state index contributed by atoms with van der Waals surface area (Å²) in [5.41, 5.74) is 3.15. The molecule has 4 heterocycles. The third-order valence-corrected chi connectivity index (χ3v) is 6.35. The summed E-state index contributed by atoms with van der Waals surface area (Å²) >= 11 is 6.27. The van der Waals surface area contributed by atoms with Gasteiger partial charge in [0.25, 0.3) is 0 Å². The van der Waals surface area contributed by atoms with Crippen molar-refractivity contribution in [3.63, 3.8) is 0 Å². The highest BCUT2D eigenvalue weighted by Gasteiger charge is 2.44. The van der Waals surface area contributed by atoms with Gasteiger partial charge in [-0.1, -0.05) is 17.7 Å². The van der Waals surface area contributed by atoms with Crippen molar-refractivity contribution in [1.82, 2.24) is 14.5 Å². The molecule has 1 aromatic carbocycles. The third-order valence-electron chi connectivity index (χ3n) is 6.06. The van der Waals surface area contributed by atoms with Crippen LogP contribution in [0, 0.1) is 12.8 Å². The van der Waals surface area contributed by atoms with Crippen LogP contribution in [0.4, 0.5) is 0 Å². The molecule has 0 N–H and O–H groups in total. The first-order valence-electron chi connectivity index (χ1n) is 10.0. The van der Waals surface area contributed by atoms with Gasteiger partial charge in [0.05, 0.1) is 36.1 Å². The number of ether oxygens (including phenoxy) is 3. The first-order valence-corrected chi connectivity index (χ1v) is 10.4. The Morgan fingerprint density at radius 1 is 1.24 bits per heavy atom. The molecule has 29 heavy (non-hydrogen) atoms. The first kappa shape index (κ1) is 18.9. The number of aromatic nitrogens is 3. The van der Waals surface area contributed by atoms with Crippen LogP contribution in [0.5, 0.6) is 5.75 Å². The van der Waals surface area contributed by atoms with E-state index in [0.29, 0.717) is 16.7 Å². The molecule has 2 saturated heterocycles. The molecule has 2 fully saturated rings. The molecule has 0 amide bonds. The molecule has 2 aliphatic rings. The Bertz CT molecular complexity index is 1020. The average Bonchev–Trinajstić information content (AvgIpc) is 3.37. The lowest BCUT2D eigenvalue weighted by Crippen LogP contribution is -2.16. The fourth-order valence-electron chi connectivity index (χ4n) is 4.59. The van der Waals surface area contributed by atoms with Crippen molar-refractivity contribution in [3.05, 3.63) is 53.1 Å². The van der Waals surface area contributed by atoms with E-state index >= 15 is 0 Å². The van der Waals surface area contributed by atoms with Crippen molar-refractivity contribution >= 4 is 22.6 Å². The molecule has 0 saturated carbocycles. The van der Waals surface area contributed by atoms with Crippen LogP contribution >= 0.6 is 11.6 Å². The number of halogens is 1. The fraction of sp³-hybridized carbons (Fsp3) is 0.455. The van der Waals surface area contributed by atoms with Crippen LogP contribution in [-0.4, -0.2) is 34.0 Å². The molecule has 2 aromatic heterocycles. The van der Waals surface area contributed by atoms with Gasteiger partial charge < -0.3 is 18.8 Å². The molecule has 4 atom stereocenters. The molecule has 0 radical (unpaired) electrons. The number of fused-ring (bicyclic) bond motifs is 2. The van der Waals surface area contributed by atoms with E-state index in [0.717, 1.165) is 48.2 Å². The second-order valence-electron chi connectivity index (χ2n) is 7.84. The Morgan fingerprint density at radius 3 is 2.93 bits per heavy atom. The van der Waals surface area contributed by atoms with Gasteiger partial charge in [-0.3, -0.25) is 4.98 Å². The van der Waals surface area contributed by atoms with E-state index in [-0.39, 0.29) is 18.5 Å². The second-order valence-corrected chi connectivity index (χ2v) is 8.25. The molecule has 0 bridgehead atoms. The van der Waals surface area contributed by atoms with Crippen LogP contribution in [-0.2, 0) is 16.0 Å². The molecule has 6 nitrogen and oxygen atoms in total. The highest BCUT2D eigenvalue weighted by Crippen LogP contribution is 2.46. The third kappa shape index (κ3) is 3.50. The number of hydrogen-bond donors (Lipinski definition) is 0. The van der Waals surface area contributed by atoms with Crippen molar-refractivity contribution in [2.24, 2.45) is 5.92 Å².